The van der Waals surface area contributed by atoms with Crippen LogP contribution in [0.1, 0.15) is 12.5 Å². The van der Waals surface area contributed by atoms with Gasteiger partial charge >= 0.3 is 6.03 Å². The Morgan fingerprint density at radius 3 is 2.81 bits per heavy atom. The standard InChI is InChI=1S/C11H14ClN3O/c1-9(12)7-13-11(16)15-14-8-10-5-3-2-4-6-10/h2-6,8-9H,7H2,1H3,(H2,13,15,16)/b14-8+. The Labute approximate surface area is 99.7 Å². The normalized spacial score (nSPS) is 12.4. The second-order valence-corrected chi connectivity index (χ2v) is 4.02. The Morgan fingerprint density at radius 2 is 2.19 bits per heavy atom. The van der Waals surface area contributed by atoms with Gasteiger partial charge in [0.2, 0.25) is 0 Å². The summed E-state index contributed by atoms with van der Waals surface area (Å²) >= 11 is 5.67. The molecule has 1 aromatic carbocycles. The summed E-state index contributed by atoms with van der Waals surface area (Å²) < 4.78 is 0. The fourth-order valence-corrected chi connectivity index (χ4v) is 1.05. The van der Waals surface area contributed by atoms with Crippen LogP contribution in [0.3, 0.4) is 0 Å². The topological polar surface area (TPSA) is 53.5 Å². The summed E-state index contributed by atoms with van der Waals surface area (Å²) in [5.41, 5.74) is 3.27. The molecule has 0 aromatic heterocycles. The fraction of sp³-hybridized carbons (Fsp3) is 0.273. The quantitative estimate of drug-likeness (QED) is 0.471. The van der Waals surface area contributed by atoms with E-state index in [2.05, 4.69) is 15.8 Å². The zero-order valence-electron chi connectivity index (χ0n) is 8.98. The van der Waals surface area contributed by atoms with E-state index in [4.69, 9.17) is 11.6 Å². The van der Waals surface area contributed by atoms with Crippen LogP contribution in [-0.2, 0) is 0 Å². The molecule has 0 radical (unpaired) electrons. The van der Waals surface area contributed by atoms with E-state index in [9.17, 15) is 4.79 Å². The number of nitrogens with zero attached hydrogens (tertiary/aromatic N) is 1. The zero-order valence-corrected chi connectivity index (χ0v) is 9.74. The number of urea groups is 1. The molecule has 0 aliphatic rings. The molecule has 0 aliphatic heterocycles. The first-order chi connectivity index (χ1) is 7.68. The van der Waals surface area contributed by atoms with Crippen molar-refractivity contribution < 1.29 is 4.79 Å². The molecular weight excluding hydrogens is 226 g/mol. The molecule has 1 unspecified atom stereocenters. The minimum absolute atomic E-state index is 0.0937. The van der Waals surface area contributed by atoms with E-state index < -0.39 is 0 Å². The van der Waals surface area contributed by atoms with Crippen LogP contribution in [0.2, 0.25) is 0 Å². The van der Waals surface area contributed by atoms with Gasteiger partial charge in [-0.2, -0.15) is 5.10 Å². The van der Waals surface area contributed by atoms with E-state index in [1.807, 2.05) is 30.3 Å². The van der Waals surface area contributed by atoms with Crippen molar-refractivity contribution in [3.8, 4) is 0 Å². The van der Waals surface area contributed by atoms with Crippen LogP contribution in [0.5, 0.6) is 0 Å². The molecule has 0 bridgehead atoms. The van der Waals surface area contributed by atoms with Gasteiger partial charge in [-0.1, -0.05) is 30.3 Å². The molecule has 2 amide bonds. The third-order valence-corrected chi connectivity index (χ3v) is 1.88. The number of hydrazone groups is 1. The molecule has 0 spiro atoms. The zero-order chi connectivity index (χ0) is 11.8. The maximum Gasteiger partial charge on any atom is 0.335 e. The number of nitrogens with one attached hydrogen (secondary N) is 2. The summed E-state index contributed by atoms with van der Waals surface area (Å²) in [5, 5.41) is 6.27. The molecule has 0 saturated carbocycles. The van der Waals surface area contributed by atoms with E-state index in [1.165, 1.54) is 0 Å². The molecule has 1 atom stereocenters. The molecule has 0 saturated heterocycles. The van der Waals surface area contributed by atoms with E-state index in [0.29, 0.717) is 6.54 Å². The summed E-state index contributed by atoms with van der Waals surface area (Å²) in [6.07, 6.45) is 1.57. The second-order valence-electron chi connectivity index (χ2n) is 3.27. The largest absolute Gasteiger partial charge is 0.335 e. The Balaban J connectivity index is 2.29. The van der Waals surface area contributed by atoms with Crippen LogP contribution < -0.4 is 10.7 Å². The van der Waals surface area contributed by atoms with Crippen molar-refractivity contribution in [3.05, 3.63) is 35.9 Å². The van der Waals surface area contributed by atoms with Gasteiger partial charge in [-0.15, -0.1) is 11.6 Å². The number of carbonyl (C=O) groups excluding carboxylic acids is 1. The lowest BCUT2D eigenvalue weighted by atomic mass is 10.2. The van der Waals surface area contributed by atoms with Crippen molar-refractivity contribution in [2.24, 2.45) is 5.10 Å². The lowest BCUT2D eigenvalue weighted by molar-refractivity contribution is 0.241. The average Bonchev–Trinajstić information content (AvgIpc) is 2.28. The summed E-state index contributed by atoms with van der Waals surface area (Å²) in [4.78, 5) is 11.1. The first kappa shape index (κ1) is 12.5. The maximum absolute atomic E-state index is 11.1. The highest BCUT2D eigenvalue weighted by Gasteiger charge is 1.99. The molecule has 0 aliphatic carbocycles. The summed E-state index contributed by atoms with van der Waals surface area (Å²) in [7, 11) is 0. The van der Waals surface area contributed by atoms with Gasteiger partial charge in [-0.25, -0.2) is 10.2 Å². The van der Waals surface area contributed by atoms with Gasteiger partial charge in [-0.05, 0) is 12.5 Å². The second kappa shape index (κ2) is 6.85. The maximum atomic E-state index is 11.1. The van der Waals surface area contributed by atoms with Crippen LogP contribution >= 0.6 is 11.6 Å². The third-order valence-electron chi connectivity index (χ3n) is 1.72. The number of alkyl halides is 1. The Bertz CT molecular complexity index is 352. The number of rotatable bonds is 4. The average molecular weight is 240 g/mol. The molecule has 0 heterocycles. The molecule has 5 heteroatoms. The van der Waals surface area contributed by atoms with Gasteiger partial charge in [0.15, 0.2) is 0 Å². The third kappa shape index (κ3) is 5.36. The molecule has 1 rings (SSSR count). The van der Waals surface area contributed by atoms with Gasteiger partial charge in [0, 0.05) is 11.9 Å². The van der Waals surface area contributed by atoms with E-state index in [-0.39, 0.29) is 11.4 Å². The highest BCUT2D eigenvalue weighted by molar-refractivity contribution is 6.20. The SMILES string of the molecule is CC(Cl)CNC(=O)N/N=C/c1ccccc1. The first-order valence-corrected chi connectivity index (χ1v) is 5.38. The van der Waals surface area contributed by atoms with E-state index in [0.717, 1.165) is 5.56 Å². The van der Waals surface area contributed by atoms with Crippen molar-refractivity contribution in [3.63, 3.8) is 0 Å². The van der Waals surface area contributed by atoms with Crippen LogP contribution in [0.25, 0.3) is 0 Å². The van der Waals surface area contributed by atoms with Crippen molar-refractivity contribution in [1.29, 1.82) is 0 Å². The molecule has 16 heavy (non-hydrogen) atoms. The lowest BCUT2D eigenvalue weighted by Gasteiger charge is -2.04. The van der Waals surface area contributed by atoms with Gasteiger partial charge in [0.1, 0.15) is 0 Å². The number of hydrogen-bond acceptors (Lipinski definition) is 2. The van der Waals surface area contributed by atoms with Crippen LogP contribution in [0.15, 0.2) is 35.4 Å². The molecule has 86 valence electrons. The van der Waals surface area contributed by atoms with E-state index >= 15 is 0 Å². The van der Waals surface area contributed by atoms with Crippen molar-refractivity contribution in [2.45, 2.75) is 12.3 Å². The number of halogens is 1. The minimum atomic E-state index is -0.361. The predicted octanol–water partition coefficient (Wildman–Crippen LogP) is 1.95. The number of hydrogen-bond donors (Lipinski definition) is 2. The monoisotopic (exact) mass is 239 g/mol. The number of carbonyl (C=O) groups is 1. The predicted molar refractivity (Wildman–Crippen MR) is 65.9 cm³/mol. The molecule has 1 aromatic rings. The van der Waals surface area contributed by atoms with E-state index in [1.54, 1.807) is 13.1 Å². The van der Waals surface area contributed by atoms with Crippen molar-refractivity contribution in [2.75, 3.05) is 6.54 Å². The van der Waals surface area contributed by atoms with Gasteiger partial charge in [0.05, 0.1) is 6.21 Å². The Hall–Kier alpha value is -1.55. The molecule has 4 nitrogen and oxygen atoms in total. The van der Waals surface area contributed by atoms with Crippen LogP contribution in [-0.4, -0.2) is 24.2 Å². The fourth-order valence-electron chi connectivity index (χ4n) is 0.977. The lowest BCUT2D eigenvalue weighted by Crippen LogP contribution is -2.35. The Morgan fingerprint density at radius 1 is 1.50 bits per heavy atom. The molecular formula is C11H14ClN3O. The van der Waals surface area contributed by atoms with Crippen molar-refractivity contribution in [1.82, 2.24) is 10.7 Å². The summed E-state index contributed by atoms with van der Waals surface area (Å²) in [6.45, 7) is 2.21. The van der Waals surface area contributed by atoms with Crippen LogP contribution in [0.4, 0.5) is 4.79 Å². The smallest absolute Gasteiger partial charge is 0.335 e. The highest BCUT2D eigenvalue weighted by atomic mass is 35.5. The number of benzene rings is 1. The van der Waals surface area contributed by atoms with Crippen LogP contribution in [0, 0.1) is 0 Å². The Kier molecular flexibility index (Phi) is 5.36. The van der Waals surface area contributed by atoms with Gasteiger partial charge < -0.3 is 5.32 Å². The van der Waals surface area contributed by atoms with Crippen molar-refractivity contribution >= 4 is 23.8 Å². The minimum Gasteiger partial charge on any atom is -0.335 e. The van der Waals surface area contributed by atoms with Gasteiger partial charge in [0.25, 0.3) is 0 Å². The summed E-state index contributed by atoms with van der Waals surface area (Å²) in [5.74, 6) is 0. The summed E-state index contributed by atoms with van der Waals surface area (Å²) in [6, 6.07) is 9.14. The highest BCUT2D eigenvalue weighted by Crippen LogP contribution is 1.93. The molecule has 0 fully saturated rings. The number of amides is 2. The molecule has 2 N–H and O–H groups in total. The van der Waals surface area contributed by atoms with Gasteiger partial charge in [-0.3, -0.25) is 0 Å². The first-order valence-electron chi connectivity index (χ1n) is 4.94.